The van der Waals surface area contributed by atoms with Crippen molar-refractivity contribution in [2.45, 2.75) is 25.3 Å². The summed E-state index contributed by atoms with van der Waals surface area (Å²) in [6.45, 7) is 0.934. The van der Waals surface area contributed by atoms with E-state index >= 15 is 0 Å². The first-order valence-corrected chi connectivity index (χ1v) is 9.12. The molecule has 4 heterocycles. The zero-order valence-electron chi connectivity index (χ0n) is 15.3. The van der Waals surface area contributed by atoms with Gasteiger partial charge in [-0.15, -0.1) is 0 Å². The maximum atomic E-state index is 14.3. The van der Waals surface area contributed by atoms with Crippen LogP contribution in [0.2, 0.25) is 0 Å². The molecule has 1 atom stereocenters. The smallest absolute Gasteiger partial charge is 0.236 e. The molecule has 0 saturated carbocycles. The molecule has 1 amide bonds. The SMILES string of the molecule is N#CCC(=O)N1CCC[C@@H](Nc2nc(-c3cnc4ccc(F)cn34)ncc2F)C1. The summed E-state index contributed by atoms with van der Waals surface area (Å²) in [5.74, 6) is -1.12. The number of fused-ring (bicyclic) bond motifs is 1. The van der Waals surface area contributed by atoms with Crippen molar-refractivity contribution in [2.75, 3.05) is 18.4 Å². The quantitative estimate of drug-likeness (QED) is 0.726. The Balaban J connectivity index is 1.58. The predicted octanol–water partition coefficient (Wildman–Crippen LogP) is 2.39. The Labute approximate surface area is 164 Å². The van der Waals surface area contributed by atoms with Gasteiger partial charge >= 0.3 is 0 Å². The van der Waals surface area contributed by atoms with Crippen LogP contribution in [0.1, 0.15) is 19.3 Å². The van der Waals surface area contributed by atoms with Gasteiger partial charge in [0.2, 0.25) is 5.91 Å². The van der Waals surface area contributed by atoms with Gasteiger partial charge in [-0.1, -0.05) is 0 Å². The van der Waals surface area contributed by atoms with Crippen LogP contribution in [0, 0.1) is 23.0 Å². The fraction of sp³-hybridized carbons (Fsp3) is 0.316. The van der Waals surface area contributed by atoms with Gasteiger partial charge in [-0.3, -0.25) is 9.20 Å². The predicted molar refractivity (Wildman–Crippen MR) is 99.6 cm³/mol. The maximum Gasteiger partial charge on any atom is 0.236 e. The molecule has 148 valence electrons. The summed E-state index contributed by atoms with van der Waals surface area (Å²) in [7, 11) is 0. The van der Waals surface area contributed by atoms with E-state index in [9.17, 15) is 13.6 Å². The molecule has 3 aromatic heterocycles. The van der Waals surface area contributed by atoms with E-state index in [1.807, 2.05) is 6.07 Å². The van der Waals surface area contributed by atoms with Crippen molar-refractivity contribution in [3.8, 4) is 17.6 Å². The van der Waals surface area contributed by atoms with Crippen LogP contribution in [-0.4, -0.2) is 49.3 Å². The normalized spacial score (nSPS) is 16.6. The van der Waals surface area contributed by atoms with Crippen LogP contribution in [0.4, 0.5) is 14.6 Å². The first-order chi connectivity index (χ1) is 14.0. The molecule has 1 saturated heterocycles. The molecule has 29 heavy (non-hydrogen) atoms. The van der Waals surface area contributed by atoms with Gasteiger partial charge in [0.1, 0.15) is 23.6 Å². The third kappa shape index (κ3) is 3.85. The number of halogens is 2. The summed E-state index contributed by atoms with van der Waals surface area (Å²) in [6, 6.07) is 4.47. The monoisotopic (exact) mass is 397 g/mol. The topological polar surface area (TPSA) is 99.2 Å². The summed E-state index contributed by atoms with van der Waals surface area (Å²) in [6.07, 6.45) is 5.09. The van der Waals surface area contributed by atoms with E-state index < -0.39 is 11.6 Å². The maximum absolute atomic E-state index is 14.3. The fourth-order valence-electron chi connectivity index (χ4n) is 3.41. The summed E-state index contributed by atoms with van der Waals surface area (Å²) in [5.41, 5.74) is 0.944. The zero-order chi connectivity index (χ0) is 20.4. The second-order valence-corrected chi connectivity index (χ2v) is 6.77. The van der Waals surface area contributed by atoms with Gasteiger partial charge in [-0.25, -0.2) is 23.7 Å². The second kappa shape index (κ2) is 7.79. The minimum absolute atomic E-state index is 0.000866. The lowest BCUT2D eigenvalue weighted by Crippen LogP contribution is -2.45. The average Bonchev–Trinajstić information content (AvgIpc) is 3.13. The van der Waals surface area contributed by atoms with Crippen LogP contribution in [0.25, 0.3) is 17.2 Å². The van der Waals surface area contributed by atoms with Gasteiger partial charge in [-0.2, -0.15) is 5.26 Å². The minimum atomic E-state index is -0.630. The average molecular weight is 397 g/mol. The number of pyridine rings is 1. The lowest BCUT2D eigenvalue weighted by molar-refractivity contribution is -0.131. The van der Waals surface area contributed by atoms with Gasteiger partial charge in [0.05, 0.1) is 18.5 Å². The largest absolute Gasteiger partial charge is 0.363 e. The highest BCUT2D eigenvalue weighted by Gasteiger charge is 2.24. The molecule has 1 aliphatic heterocycles. The molecule has 8 nitrogen and oxygen atoms in total. The summed E-state index contributed by atoms with van der Waals surface area (Å²) in [5, 5.41) is 11.7. The third-order valence-electron chi connectivity index (χ3n) is 4.79. The number of aromatic nitrogens is 4. The van der Waals surface area contributed by atoms with E-state index in [-0.39, 0.29) is 30.0 Å². The number of carbonyl (C=O) groups excluding carboxylic acids is 1. The lowest BCUT2D eigenvalue weighted by atomic mass is 10.1. The minimum Gasteiger partial charge on any atom is -0.363 e. The van der Waals surface area contributed by atoms with Crippen LogP contribution >= 0.6 is 0 Å². The molecule has 1 aliphatic rings. The molecule has 10 heteroatoms. The van der Waals surface area contributed by atoms with Crippen LogP contribution < -0.4 is 5.32 Å². The van der Waals surface area contributed by atoms with E-state index in [1.165, 1.54) is 28.9 Å². The first kappa shape index (κ1) is 18.7. The Bertz CT molecular complexity index is 1110. The highest BCUT2D eigenvalue weighted by molar-refractivity contribution is 5.78. The number of carbonyl (C=O) groups is 1. The molecule has 3 aromatic rings. The number of likely N-dealkylation sites (tertiary alicyclic amines) is 1. The van der Waals surface area contributed by atoms with Gasteiger partial charge in [0.25, 0.3) is 0 Å². The Morgan fingerprint density at radius 1 is 1.31 bits per heavy atom. The van der Waals surface area contributed by atoms with E-state index in [4.69, 9.17) is 5.26 Å². The molecule has 0 bridgehead atoms. The van der Waals surface area contributed by atoms with Crippen molar-refractivity contribution in [1.82, 2.24) is 24.3 Å². The number of hydrogen-bond acceptors (Lipinski definition) is 6. The van der Waals surface area contributed by atoms with Gasteiger partial charge in [0.15, 0.2) is 17.5 Å². The molecule has 4 rings (SSSR count). The van der Waals surface area contributed by atoms with Crippen molar-refractivity contribution in [1.29, 1.82) is 5.26 Å². The Morgan fingerprint density at radius 3 is 3.00 bits per heavy atom. The van der Waals surface area contributed by atoms with Crippen molar-refractivity contribution in [3.63, 3.8) is 0 Å². The lowest BCUT2D eigenvalue weighted by Gasteiger charge is -2.33. The van der Waals surface area contributed by atoms with Crippen molar-refractivity contribution in [3.05, 3.63) is 42.4 Å². The number of imidazole rings is 1. The molecule has 0 radical (unpaired) electrons. The molecular weight excluding hydrogens is 380 g/mol. The summed E-state index contributed by atoms with van der Waals surface area (Å²) >= 11 is 0. The number of piperidine rings is 1. The molecule has 0 spiro atoms. The molecule has 0 aliphatic carbocycles. The van der Waals surface area contributed by atoms with Crippen LogP contribution in [0.5, 0.6) is 0 Å². The van der Waals surface area contributed by atoms with E-state index in [2.05, 4.69) is 20.3 Å². The second-order valence-electron chi connectivity index (χ2n) is 6.77. The van der Waals surface area contributed by atoms with Gasteiger partial charge in [-0.05, 0) is 25.0 Å². The Kier molecular flexibility index (Phi) is 5.03. The van der Waals surface area contributed by atoms with Crippen LogP contribution in [0.15, 0.2) is 30.7 Å². The Hall–Kier alpha value is -3.61. The summed E-state index contributed by atoms with van der Waals surface area (Å²) in [4.78, 5) is 26.0. The van der Waals surface area contributed by atoms with Crippen molar-refractivity contribution in [2.24, 2.45) is 0 Å². The number of anilines is 1. The number of nitrogens with zero attached hydrogens (tertiary/aromatic N) is 6. The number of nitriles is 1. The van der Waals surface area contributed by atoms with E-state index in [0.717, 1.165) is 19.0 Å². The number of amides is 1. The zero-order valence-corrected chi connectivity index (χ0v) is 15.3. The molecule has 0 aromatic carbocycles. The number of rotatable bonds is 4. The van der Waals surface area contributed by atoms with Crippen LogP contribution in [0.3, 0.4) is 0 Å². The fourth-order valence-corrected chi connectivity index (χ4v) is 3.41. The van der Waals surface area contributed by atoms with Crippen molar-refractivity contribution >= 4 is 17.4 Å². The highest BCUT2D eigenvalue weighted by Crippen LogP contribution is 2.22. The molecule has 1 N–H and O–H groups in total. The van der Waals surface area contributed by atoms with Gasteiger partial charge < -0.3 is 10.2 Å². The number of hydrogen-bond donors (Lipinski definition) is 1. The molecular formula is C19H17F2N7O. The highest BCUT2D eigenvalue weighted by atomic mass is 19.1. The molecule has 0 unspecified atom stereocenters. The van der Waals surface area contributed by atoms with Crippen molar-refractivity contribution < 1.29 is 13.6 Å². The van der Waals surface area contributed by atoms with E-state index in [0.29, 0.717) is 24.4 Å². The third-order valence-corrected chi connectivity index (χ3v) is 4.79. The first-order valence-electron chi connectivity index (χ1n) is 9.12. The molecule has 1 fully saturated rings. The van der Waals surface area contributed by atoms with E-state index in [1.54, 1.807) is 4.90 Å². The Morgan fingerprint density at radius 2 is 2.17 bits per heavy atom. The number of nitrogens with one attached hydrogen (secondary N) is 1. The standard InChI is InChI=1S/C19H17F2N7O/c20-12-3-4-16-23-9-15(28(16)10-12)19-24-8-14(21)18(26-19)25-13-2-1-7-27(11-13)17(29)5-6-22/h3-4,8-10,13H,1-2,5,7,11H2,(H,24,25,26)/t13-/m1/s1. The van der Waals surface area contributed by atoms with Crippen LogP contribution in [-0.2, 0) is 4.79 Å². The van der Waals surface area contributed by atoms with Gasteiger partial charge in [0, 0.05) is 25.3 Å². The summed E-state index contributed by atoms with van der Waals surface area (Å²) < 4.78 is 29.4.